The number of carbonyl (C=O) groups is 1. The van der Waals surface area contributed by atoms with Crippen molar-refractivity contribution in [3.63, 3.8) is 0 Å². The Balaban J connectivity index is 2.02. The molecule has 1 amide bonds. The van der Waals surface area contributed by atoms with E-state index in [0.717, 1.165) is 36.3 Å². The van der Waals surface area contributed by atoms with Gasteiger partial charge in [-0.25, -0.2) is 0 Å². The topological polar surface area (TPSA) is 59.6 Å². The summed E-state index contributed by atoms with van der Waals surface area (Å²) in [4.78, 5) is 11.7. The fraction of sp³-hybridized carbons (Fsp3) is 0.533. The molecular weight excluding hydrogens is 256 g/mol. The minimum Gasteiger partial charge on any atom is -0.496 e. The number of methoxy groups -OCH3 is 2. The predicted octanol–water partition coefficient (Wildman–Crippen LogP) is 1.21. The highest BCUT2D eigenvalue weighted by atomic mass is 16.5. The summed E-state index contributed by atoms with van der Waals surface area (Å²) in [5.74, 6) is 0.914. The third kappa shape index (κ3) is 3.71. The van der Waals surface area contributed by atoms with Gasteiger partial charge in [0.25, 0.3) is 0 Å². The van der Waals surface area contributed by atoms with Gasteiger partial charge in [0.15, 0.2) is 0 Å². The summed E-state index contributed by atoms with van der Waals surface area (Å²) in [5, 5.41) is 6.17. The van der Waals surface area contributed by atoms with Gasteiger partial charge in [-0.3, -0.25) is 4.79 Å². The summed E-state index contributed by atoms with van der Waals surface area (Å²) in [7, 11) is 3.33. The van der Waals surface area contributed by atoms with Gasteiger partial charge >= 0.3 is 0 Å². The Hall–Kier alpha value is -1.59. The van der Waals surface area contributed by atoms with E-state index in [1.807, 2.05) is 12.1 Å². The van der Waals surface area contributed by atoms with Gasteiger partial charge in [0.1, 0.15) is 5.75 Å². The van der Waals surface area contributed by atoms with Crippen LogP contribution in [0.3, 0.4) is 0 Å². The molecule has 0 saturated carbocycles. The maximum Gasteiger partial charge on any atom is 0.237 e. The minimum absolute atomic E-state index is 0.0864. The molecule has 1 aliphatic heterocycles. The van der Waals surface area contributed by atoms with Crippen LogP contribution >= 0.6 is 0 Å². The normalized spacial score (nSPS) is 18.7. The van der Waals surface area contributed by atoms with Gasteiger partial charge in [-0.05, 0) is 30.5 Å². The number of carbonyl (C=O) groups excluding carboxylic acids is 1. The van der Waals surface area contributed by atoms with E-state index in [1.54, 1.807) is 14.2 Å². The van der Waals surface area contributed by atoms with Crippen LogP contribution in [0.2, 0.25) is 0 Å². The highest BCUT2D eigenvalue weighted by molar-refractivity contribution is 5.82. The van der Waals surface area contributed by atoms with Crippen molar-refractivity contribution >= 4 is 5.91 Å². The molecule has 0 aliphatic carbocycles. The lowest BCUT2D eigenvalue weighted by molar-refractivity contribution is -0.124. The number of benzene rings is 1. The molecule has 1 aromatic carbocycles. The molecule has 0 aromatic heterocycles. The van der Waals surface area contributed by atoms with Crippen LogP contribution in [-0.2, 0) is 22.7 Å². The van der Waals surface area contributed by atoms with Crippen LogP contribution in [0.5, 0.6) is 5.75 Å². The number of nitrogens with one attached hydrogen (secondary N) is 2. The molecule has 5 nitrogen and oxygen atoms in total. The molecule has 2 N–H and O–H groups in total. The standard InChI is InChI=1S/C15H22N2O3/c1-19-10-11-5-6-14(20-2)12(8-11)9-17-13-4-3-7-16-15(13)18/h5-6,8,13,17H,3-4,7,9-10H2,1-2H3,(H,16,18). The molecule has 20 heavy (non-hydrogen) atoms. The van der Waals surface area contributed by atoms with Gasteiger partial charge < -0.3 is 20.1 Å². The zero-order chi connectivity index (χ0) is 14.4. The zero-order valence-corrected chi connectivity index (χ0v) is 12.1. The van der Waals surface area contributed by atoms with E-state index in [4.69, 9.17) is 9.47 Å². The van der Waals surface area contributed by atoms with Crippen molar-refractivity contribution < 1.29 is 14.3 Å². The van der Waals surface area contributed by atoms with Crippen LogP contribution in [-0.4, -0.2) is 32.7 Å². The Bertz CT molecular complexity index is 462. The maximum absolute atomic E-state index is 11.7. The smallest absolute Gasteiger partial charge is 0.237 e. The highest BCUT2D eigenvalue weighted by Crippen LogP contribution is 2.20. The Morgan fingerprint density at radius 3 is 2.95 bits per heavy atom. The first-order valence-corrected chi connectivity index (χ1v) is 6.90. The van der Waals surface area contributed by atoms with E-state index < -0.39 is 0 Å². The van der Waals surface area contributed by atoms with E-state index in [-0.39, 0.29) is 11.9 Å². The van der Waals surface area contributed by atoms with Crippen molar-refractivity contribution in [3.8, 4) is 5.75 Å². The summed E-state index contributed by atoms with van der Waals surface area (Å²) in [5.41, 5.74) is 2.14. The molecule has 0 bridgehead atoms. The third-order valence-electron chi connectivity index (χ3n) is 3.48. The van der Waals surface area contributed by atoms with Crippen LogP contribution in [0.25, 0.3) is 0 Å². The molecule has 110 valence electrons. The molecule has 1 unspecified atom stereocenters. The molecule has 1 fully saturated rings. The second-order valence-corrected chi connectivity index (χ2v) is 4.95. The third-order valence-corrected chi connectivity index (χ3v) is 3.48. The summed E-state index contributed by atoms with van der Waals surface area (Å²) >= 11 is 0. The van der Waals surface area contributed by atoms with Crippen molar-refractivity contribution in [3.05, 3.63) is 29.3 Å². The molecule has 1 saturated heterocycles. The molecular formula is C15H22N2O3. The van der Waals surface area contributed by atoms with E-state index in [0.29, 0.717) is 13.2 Å². The van der Waals surface area contributed by atoms with Crippen LogP contribution in [0, 0.1) is 0 Å². The molecule has 1 aliphatic rings. The fourth-order valence-corrected chi connectivity index (χ4v) is 2.43. The largest absolute Gasteiger partial charge is 0.496 e. The van der Waals surface area contributed by atoms with Gasteiger partial charge in [0, 0.05) is 25.8 Å². The van der Waals surface area contributed by atoms with E-state index >= 15 is 0 Å². The number of piperidine rings is 1. The molecule has 1 aromatic rings. The fourth-order valence-electron chi connectivity index (χ4n) is 2.43. The second kappa shape index (κ2) is 7.26. The van der Waals surface area contributed by atoms with E-state index in [1.165, 1.54) is 0 Å². The number of amides is 1. The van der Waals surface area contributed by atoms with Crippen LogP contribution < -0.4 is 15.4 Å². The van der Waals surface area contributed by atoms with Crippen molar-refractivity contribution in [2.75, 3.05) is 20.8 Å². The Morgan fingerprint density at radius 2 is 2.25 bits per heavy atom. The summed E-state index contributed by atoms with van der Waals surface area (Å²) in [6, 6.07) is 5.86. The van der Waals surface area contributed by atoms with Crippen molar-refractivity contribution in [2.24, 2.45) is 0 Å². The molecule has 2 rings (SSSR count). The molecule has 0 spiro atoms. The van der Waals surface area contributed by atoms with Gasteiger partial charge in [0.2, 0.25) is 5.91 Å². The Kier molecular flexibility index (Phi) is 5.38. The minimum atomic E-state index is -0.112. The van der Waals surface area contributed by atoms with Crippen molar-refractivity contribution in [2.45, 2.75) is 32.0 Å². The number of hydrogen-bond acceptors (Lipinski definition) is 4. The first-order valence-electron chi connectivity index (χ1n) is 6.90. The lowest BCUT2D eigenvalue weighted by atomic mass is 10.1. The second-order valence-electron chi connectivity index (χ2n) is 4.95. The number of ether oxygens (including phenoxy) is 2. The van der Waals surface area contributed by atoms with Gasteiger partial charge in [0.05, 0.1) is 19.8 Å². The van der Waals surface area contributed by atoms with Crippen LogP contribution in [0.15, 0.2) is 18.2 Å². The van der Waals surface area contributed by atoms with Gasteiger partial charge in [-0.2, -0.15) is 0 Å². The van der Waals surface area contributed by atoms with E-state index in [9.17, 15) is 4.79 Å². The van der Waals surface area contributed by atoms with Crippen molar-refractivity contribution in [1.82, 2.24) is 10.6 Å². The molecule has 5 heteroatoms. The molecule has 1 heterocycles. The first-order chi connectivity index (χ1) is 9.74. The summed E-state index contributed by atoms with van der Waals surface area (Å²) < 4.78 is 10.5. The summed E-state index contributed by atoms with van der Waals surface area (Å²) in [6.45, 7) is 1.96. The Morgan fingerprint density at radius 1 is 1.40 bits per heavy atom. The maximum atomic E-state index is 11.7. The lowest BCUT2D eigenvalue weighted by Gasteiger charge is -2.23. The lowest BCUT2D eigenvalue weighted by Crippen LogP contribution is -2.47. The zero-order valence-electron chi connectivity index (χ0n) is 12.1. The first kappa shape index (κ1) is 14.8. The van der Waals surface area contributed by atoms with Crippen molar-refractivity contribution in [1.29, 1.82) is 0 Å². The van der Waals surface area contributed by atoms with Gasteiger partial charge in [-0.1, -0.05) is 6.07 Å². The Labute approximate surface area is 119 Å². The summed E-state index contributed by atoms with van der Waals surface area (Å²) in [6.07, 6.45) is 1.90. The van der Waals surface area contributed by atoms with Gasteiger partial charge in [-0.15, -0.1) is 0 Å². The quantitative estimate of drug-likeness (QED) is 0.821. The number of hydrogen-bond donors (Lipinski definition) is 2. The van der Waals surface area contributed by atoms with E-state index in [2.05, 4.69) is 16.7 Å². The monoisotopic (exact) mass is 278 g/mol. The van der Waals surface area contributed by atoms with Crippen LogP contribution in [0.4, 0.5) is 0 Å². The molecule has 1 atom stereocenters. The van der Waals surface area contributed by atoms with Crippen LogP contribution in [0.1, 0.15) is 24.0 Å². The predicted molar refractivity (Wildman–Crippen MR) is 76.6 cm³/mol. The average Bonchev–Trinajstić information content (AvgIpc) is 2.47. The SMILES string of the molecule is COCc1ccc(OC)c(CNC2CCCNC2=O)c1. The average molecular weight is 278 g/mol. The highest BCUT2D eigenvalue weighted by Gasteiger charge is 2.21. The molecule has 0 radical (unpaired) electrons. The number of rotatable bonds is 6.